The predicted molar refractivity (Wildman–Crippen MR) is 122 cm³/mol. The smallest absolute Gasteiger partial charge is 0.256 e. The summed E-state index contributed by atoms with van der Waals surface area (Å²) in [5.41, 5.74) is 1.63. The monoisotopic (exact) mass is 463 g/mol. The number of nitrogens with zero attached hydrogens (tertiary/aromatic N) is 4. The number of carbonyl (C=O) groups is 2. The first-order valence-electron chi connectivity index (χ1n) is 11.2. The molecule has 34 heavy (non-hydrogen) atoms. The molecule has 174 valence electrons. The molecule has 1 atom stereocenters. The number of likely N-dealkylation sites (tertiary alicyclic amines) is 1. The van der Waals surface area contributed by atoms with Crippen LogP contribution in [-0.4, -0.2) is 53.1 Å². The van der Waals surface area contributed by atoms with Crippen LogP contribution < -0.4 is 10.2 Å². The van der Waals surface area contributed by atoms with Gasteiger partial charge in [0.05, 0.1) is 11.5 Å². The average Bonchev–Trinajstić information content (AvgIpc) is 3.30. The highest BCUT2D eigenvalue weighted by molar-refractivity contribution is 5.95. The Balaban J connectivity index is 1.13. The van der Waals surface area contributed by atoms with Crippen molar-refractivity contribution in [1.29, 1.82) is 0 Å². The van der Waals surface area contributed by atoms with Gasteiger partial charge in [-0.25, -0.2) is 8.78 Å². The van der Waals surface area contributed by atoms with E-state index in [4.69, 9.17) is 0 Å². The van der Waals surface area contributed by atoms with E-state index in [2.05, 4.69) is 20.4 Å². The molecule has 2 saturated heterocycles. The van der Waals surface area contributed by atoms with Crippen LogP contribution in [0, 0.1) is 17.6 Å². The van der Waals surface area contributed by atoms with Crippen LogP contribution in [0.15, 0.2) is 60.8 Å². The van der Waals surface area contributed by atoms with E-state index in [0.717, 1.165) is 36.5 Å². The first-order chi connectivity index (χ1) is 16.5. The number of anilines is 2. The highest BCUT2D eigenvalue weighted by atomic mass is 19.1. The van der Waals surface area contributed by atoms with E-state index in [0.29, 0.717) is 25.3 Å². The number of amides is 2. The molecular weight excluding hydrogens is 440 g/mol. The third-order valence-electron chi connectivity index (χ3n) is 6.42. The highest BCUT2D eigenvalue weighted by Crippen LogP contribution is 2.30. The summed E-state index contributed by atoms with van der Waals surface area (Å²) in [6, 6.07) is 14.3. The van der Waals surface area contributed by atoms with Crippen molar-refractivity contribution in [3.8, 4) is 0 Å². The summed E-state index contributed by atoms with van der Waals surface area (Å²) in [4.78, 5) is 28.8. The molecule has 2 aliphatic rings. The fourth-order valence-electron chi connectivity index (χ4n) is 4.42. The summed E-state index contributed by atoms with van der Waals surface area (Å²) in [6.07, 6.45) is 2.37. The standard InChI is InChI=1S/C25H23F2N5O2/c26-19-5-8-21(22(27)12-19)25(34)32-14-18(15-32)16-3-6-20(7-4-16)29-24(33)17-9-11-31(13-17)23-2-1-10-28-30-23/h1-8,10,12,17-18H,9,11,13-15H2,(H,29,33). The lowest BCUT2D eigenvalue weighted by Crippen LogP contribution is -2.48. The van der Waals surface area contributed by atoms with Crippen LogP contribution in [0.25, 0.3) is 0 Å². The Labute approximate surface area is 195 Å². The summed E-state index contributed by atoms with van der Waals surface area (Å²) >= 11 is 0. The van der Waals surface area contributed by atoms with Gasteiger partial charge < -0.3 is 15.1 Å². The number of halogens is 2. The molecule has 2 aliphatic heterocycles. The second-order valence-electron chi connectivity index (χ2n) is 8.66. The molecule has 0 spiro atoms. The molecule has 0 radical (unpaired) electrons. The minimum atomic E-state index is -0.851. The maximum Gasteiger partial charge on any atom is 0.256 e. The van der Waals surface area contributed by atoms with Gasteiger partial charge in [0, 0.05) is 50.0 Å². The van der Waals surface area contributed by atoms with E-state index in [1.165, 1.54) is 6.07 Å². The number of benzene rings is 2. The first kappa shape index (κ1) is 21.9. The maximum absolute atomic E-state index is 13.9. The number of hydrogen-bond donors (Lipinski definition) is 1. The third-order valence-corrected chi connectivity index (χ3v) is 6.42. The molecule has 3 aromatic rings. The van der Waals surface area contributed by atoms with Crippen molar-refractivity contribution in [2.24, 2.45) is 5.92 Å². The molecule has 0 aliphatic carbocycles. The Bertz CT molecular complexity index is 1200. The number of hydrogen-bond acceptors (Lipinski definition) is 5. The van der Waals surface area contributed by atoms with Gasteiger partial charge in [0.2, 0.25) is 5.91 Å². The zero-order valence-corrected chi connectivity index (χ0v) is 18.3. The normalized spacial score (nSPS) is 18.0. The molecule has 1 N–H and O–H groups in total. The van der Waals surface area contributed by atoms with Crippen molar-refractivity contribution in [2.75, 3.05) is 36.4 Å². The summed E-state index contributed by atoms with van der Waals surface area (Å²) in [5, 5.41) is 11.0. The SMILES string of the molecule is O=C(Nc1ccc(C2CN(C(=O)c3ccc(F)cc3F)C2)cc1)C1CCN(c2cccnn2)C1. The lowest BCUT2D eigenvalue weighted by atomic mass is 9.90. The molecule has 0 bridgehead atoms. The quantitative estimate of drug-likeness (QED) is 0.627. The lowest BCUT2D eigenvalue weighted by Gasteiger charge is -2.39. The van der Waals surface area contributed by atoms with Gasteiger partial charge in [-0.1, -0.05) is 12.1 Å². The zero-order chi connectivity index (χ0) is 23.7. The molecule has 1 aromatic heterocycles. The molecule has 3 heterocycles. The van der Waals surface area contributed by atoms with Crippen LogP contribution in [0.4, 0.5) is 20.3 Å². The van der Waals surface area contributed by atoms with Gasteiger partial charge in [-0.05, 0) is 48.4 Å². The van der Waals surface area contributed by atoms with E-state index >= 15 is 0 Å². The van der Waals surface area contributed by atoms with Gasteiger partial charge in [-0.3, -0.25) is 9.59 Å². The number of rotatable bonds is 5. The second kappa shape index (κ2) is 9.17. The minimum absolute atomic E-state index is 0.0270. The van der Waals surface area contributed by atoms with Crippen LogP contribution in [0.5, 0.6) is 0 Å². The van der Waals surface area contributed by atoms with Crippen molar-refractivity contribution in [3.05, 3.63) is 83.6 Å². The van der Waals surface area contributed by atoms with Crippen molar-refractivity contribution in [1.82, 2.24) is 15.1 Å². The number of aromatic nitrogens is 2. The highest BCUT2D eigenvalue weighted by Gasteiger charge is 2.33. The van der Waals surface area contributed by atoms with Crippen molar-refractivity contribution < 1.29 is 18.4 Å². The Hall–Kier alpha value is -3.88. The van der Waals surface area contributed by atoms with Gasteiger partial charge >= 0.3 is 0 Å². The first-order valence-corrected chi connectivity index (χ1v) is 11.2. The van der Waals surface area contributed by atoms with Gasteiger partial charge in [0.15, 0.2) is 5.82 Å². The van der Waals surface area contributed by atoms with Crippen LogP contribution in [0.3, 0.4) is 0 Å². The lowest BCUT2D eigenvalue weighted by molar-refractivity contribution is -0.119. The summed E-state index contributed by atoms with van der Waals surface area (Å²) in [6.45, 7) is 2.28. The maximum atomic E-state index is 13.9. The van der Waals surface area contributed by atoms with E-state index in [1.807, 2.05) is 36.4 Å². The van der Waals surface area contributed by atoms with E-state index in [9.17, 15) is 18.4 Å². The van der Waals surface area contributed by atoms with Crippen LogP contribution >= 0.6 is 0 Å². The number of nitrogens with one attached hydrogen (secondary N) is 1. The van der Waals surface area contributed by atoms with Crippen molar-refractivity contribution in [3.63, 3.8) is 0 Å². The fourth-order valence-corrected chi connectivity index (χ4v) is 4.42. The van der Waals surface area contributed by atoms with Crippen LogP contribution in [0.1, 0.15) is 28.3 Å². The van der Waals surface area contributed by atoms with E-state index in [1.54, 1.807) is 11.1 Å². The third kappa shape index (κ3) is 4.46. The molecule has 7 nitrogen and oxygen atoms in total. The van der Waals surface area contributed by atoms with E-state index < -0.39 is 17.5 Å². The van der Waals surface area contributed by atoms with Crippen molar-refractivity contribution >= 4 is 23.3 Å². The average molecular weight is 463 g/mol. The molecule has 2 amide bonds. The Morgan fingerprint density at radius 2 is 1.79 bits per heavy atom. The van der Waals surface area contributed by atoms with Crippen LogP contribution in [0.2, 0.25) is 0 Å². The molecule has 2 aromatic carbocycles. The Kier molecular flexibility index (Phi) is 5.91. The molecular formula is C25H23F2N5O2. The predicted octanol–water partition coefficient (Wildman–Crippen LogP) is 3.46. The van der Waals surface area contributed by atoms with Gasteiger partial charge in [-0.15, -0.1) is 5.10 Å². The summed E-state index contributed by atoms with van der Waals surface area (Å²) < 4.78 is 27.0. The van der Waals surface area contributed by atoms with E-state index in [-0.39, 0.29) is 23.3 Å². The number of carbonyl (C=O) groups excluding carboxylic acids is 2. The van der Waals surface area contributed by atoms with Gasteiger partial charge in [0.1, 0.15) is 11.6 Å². The minimum Gasteiger partial charge on any atom is -0.354 e. The Morgan fingerprint density at radius 1 is 1.00 bits per heavy atom. The summed E-state index contributed by atoms with van der Waals surface area (Å²) in [5.74, 6) is -1.25. The summed E-state index contributed by atoms with van der Waals surface area (Å²) in [7, 11) is 0. The largest absolute Gasteiger partial charge is 0.354 e. The molecule has 5 rings (SSSR count). The molecule has 2 fully saturated rings. The fraction of sp³-hybridized carbons (Fsp3) is 0.280. The molecule has 0 saturated carbocycles. The zero-order valence-electron chi connectivity index (χ0n) is 18.3. The van der Waals surface area contributed by atoms with Crippen molar-refractivity contribution in [2.45, 2.75) is 12.3 Å². The Morgan fingerprint density at radius 3 is 2.50 bits per heavy atom. The topological polar surface area (TPSA) is 78.4 Å². The van der Waals surface area contributed by atoms with Gasteiger partial charge in [-0.2, -0.15) is 5.10 Å². The second-order valence-corrected chi connectivity index (χ2v) is 8.66. The molecule has 1 unspecified atom stereocenters. The molecule has 9 heteroatoms. The van der Waals surface area contributed by atoms with Gasteiger partial charge in [0.25, 0.3) is 5.91 Å². The van der Waals surface area contributed by atoms with Crippen LogP contribution in [-0.2, 0) is 4.79 Å².